The number of fused-ring (bicyclic) bond motifs is 5. The van der Waals surface area contributed by atoms with Crippen molar-refractivity contribution in [1.82, 2.24) is 0 Å². The van der Waals surface area contributed by atoms with E-state index < -0.39 is 0 Å². The first kappa shape index (κ1) is 117. The number of hydrogen-bond donors (Lipinski definition) is 0. The van der Waals surface area contributed by atoms with Crippen LogP contribution in [-0.2, 0) is 162 Å². The molecule has 0 bridgehead atoms. The summed E-state index contributed by atoms with van der Waals surface area (Å²) in [5.41, 5.74) is 1.80. The Labute approximate surface area is 805 Å². The molecule has 0 aromatic rings. The predicted molar refractivity (Wildman–Crippen MR) is 501 cm³/mol. The molecule has 5 aliphatic carbocycles. The van der Waals surface area contributed by atoms with Crippen LogP contribution in [0.25, 0.3) is 0 Å². The van der Waals surface area contributed by atoms with E-state index in [0.29, 0.717) is 257 Å². The quantitative estimate of drug-likeness (QED) is 0.0136. The van der Waals surface area contributed by atoms with E-state index >= 15 is 0 Å². The lowest BCUT2D eigenvalue weighted by atomic mass is 9.90. The molecule has 0 radical (unpaired) electrons. The van der Waals surface area contributed by atoms with Crippen molar-refractivity contribution in [2.45, 2.75) is 267 Å². The van der Waals surface area contributed by atoms with Gasteiger partial charge in [-0.1, -0.05) is 65.8 Å². The molecule has 0 aromatic carbocycles. The first-order valence-electron chi connectivity index (χ1n) is 48.5. The Morgan fingerprint density at radius 3 is 0.728 bits per heavy atom. The molecule has 15 fully saturated rings. The summed E-state index contributed by atoms with van der Waals surface area (Å²) in [5, 5.41) is 0. The molecule has 136 heavy (non-hydrogen) atoms. The summed E-state index contributed by atoms with van der Waals surface area (Å²) >= 11 is 0. The highest BCUT2D eigenvalue weighted by molar-refractivity contribution is 5.88. The molecule has 20 unspecified atom stereocenters. The van der Waals surface area contributed by atoms with E-state index in [9.17, 15) is 38.4 Å². The van der Waals surface area contributed by atoms with Crippen molar-refractivity contribution in [3.63, 3.8) is 0 Å². The molecule has 10 saturated heterocycles. The average molecular weight is 1930 g/mol. The second kappa shape index (κ2) is 69.9. The summed E-state index contributed by atoms with van der Waals surface area (Å²) in [6.45, 7) is 58.2. The van der Waals surface area contributed by atoms with E-state index in [1.165, 1.54) is 88.5 Å². The highest BCUT2D eigenvalue weighted by Crippen LogP contribution is 2.43. The van der Waals surface area contributed by atoms with Crippen molar-refractivity contribution in [2.24, 2.45) is 29.6 Å². The third-order valence-electron chi connectivity index (χ3n) is 22.9. The monoisotopic (exact) mass is 1930 g/mol. The van der Waals surface area contributed by atoms with Crippen LogP contribution in [0.5, 0.6) is 0 Å². The van der Waals surface area contributed by atoms with Gasteiger partial charge in [0.15, 0.2) is 0 Å². The van der Waals surface area contributed by atoms with Crippen molar-refractivity contribution in [3.05, 3.63) is 125 Å². The molecule has 15 aliphatic rings. The van der Waals surface area contributed by atoms with Gasteiger partial charge in [0.1, 0.15) is 56.9 Å². The Balaban J connectivity index is 0.000000234. The summed E-state index contributed by atoms with van der Waals surface area (Å²) < 4.78 is 133. The summed E-state index contributed by atoms with van der Waals surface area (Å²) in [5.74, 6) is 0.372. The van der Waals surface area contributed by atoms with Crippen LogP contribution in [0.2, 0.25) is 0 Å². The van der Waals surface area contributed by atoms with E-state index in [0.717, 1.165) is 149 Å². The van der Waals surface area contributed by atoms with Gasteiger partial charge in [-0.2, -0.15) is 0 Å². The normalized spacial score (nSPS) is 27.2. The number of rotatable bonds is 56. The van der Waals surface area contributed by atoms with Crippen LogP contribution in [0.1, 0.15) is 175 Å². The zero-order valence-electron chi connectivity index (χ0n) is 81.3. The molecule has 15 rings (SSSR count). The van der Waals surface area contributed by atoms with Gasteiger partial charge < -0.3 is 123 Å². The lowest BCUT2D eigenvalue weighted by molar-refractivity contribution is -0.141. The molecule has 0 spiro atoms. The highest BCUT2D eigenvalue weighted by atomic mass is 16.7. The fraction of sp³-hybridized carbons (Fsp3) is 0.725. The van der Waals surface area contributed by atoms with E-state index in [1.54, 1.807) is 27.7 Å². The second-order valence-corrected chi connectivity index (χ2v) is 35.6. The number of carbonyl (C=O) groups excluding carboxylic acids is 8. The van der Waals surface area contributed by atoms with E-state index in [2.05, 4.69) is 70.5 Å². The highest BCUT2D eigenvalue weighted by Gasteiger charge is 2.48. The van der Waals surface area contributed by atoms with Gasteiger partial charge in [0.25, 0.3) is 0 Å². The minimum absolute atomic E-state index is 0.142. The van der Waals surface area contributed by atoms with Crippen LogP contribution in [0, 0.1) is 29.6 Å². The lowest BCUT2D eigenvalue weighted by Gasteiger charge is -2.18. The lowest BCUT2D eigenvalue weighted by Crippen LogP contribution is -2.20. The van der Waals surface area contributed by atoms with Crippen molar-refractivity contribution >= 4 is 47.8 Å². The molecule has 0 N–H and O–H groups in total. The maximum absolute atomic E-state index is 11.1. The average Bonchev–Trinajstić information content (AvgIpc) is 1.55. The zero-order chi connectivity index (χ0) is 98.5. The van der Waals surface area contributed by atoms with E-state index in [1.807, 2.05) is 0 Å². The number of esters is 8. The molecule has 0 amide bonds. The maximum atomic E-state index is 11.1. The summed E-state index contributed by atoms with van der Waals surface area (Å²) in [6.07, 6.45) is 38.6. The van der Waals surface area contributed by atoms with Crippen LogP contribution in [0.15, 0.2) is 125 Å². The van der Waals surface area contributed by atoms with Gasteiger partial charge >= 0.3 is 47.8 Å². The minimum atomic E-state index is -0.384. The SMILES string of the molecule is C=C(C)C(=O)OCC1CCC2OC2C1.C=C(C)C(=O)OCC1CO1.C=C(C)C(=O)OCCCCOCC1CCC2OC2C1.C=C(C)C(=O)OCCCCOCC1CO1.C=CC(=O)OCC1CCC2OC2C1.C=CC(=O)OCC1CO1.C=CC(=O)OCCCCOCC1CCC2OC2C1.C=CC(=O)OCCCCOCC1CO1.C=COCCOCC1CCC2OC2C1.C=COCCOCC1CO1. The zero-order valence-corrected chi connectivity index (χ0v) is 81.3. The maximum Gasteiger partial charge on any atom is 0.333 e. The fourth-order valence-electron chi connectivity index (χ4n) is 14.2. The Bertz CT molecular complexity index is 3570. The van der Waals surface area contributed by atoms with Gasteiger partial charge in [-0.15, -0.1) is 0 Å². The van der Waals surface area contributed by atoms with Crippen LogP contribution >= 0.6 is 0 Å². The Hall–Kier alpha value is -7.88. The smallest absolute Gasteiger partial charge is 0.333 e. The number of epoxide rings is 10. The molecule has 0 aromatic heterocycles. The summed E-state index contributed by atoms with van der Waals surface area (Å²) in [7, 11) is 0. The molecular formula is C102H158O34. The molecule has 5 saturated carbocycles. The summed E-state index contributed by atoms with van der Waals surface area (Å²) in [6, 6.07) is 0. The van der Waals surface area contributed by atoms with Crippen LogP contribution in [0.3, 0.4) is 0 Å². The van der Waals surface area contributed by atoms with Crippen LogP contribution < -0.4 is 0 Å². The van der Waals surface area contributed by atoms with Crippen molar-refractivity contribution in [2.75, 3.05) is 178 Å². The van der Waals surface area contributed by atoms with Crippen LogP contribution in [0.4, 0.5) is 0 Å². The minimum Gasteiger partial charge on any atom is -0.499 e. The van der Waals surface area contributed by atoms with Crippen molar-refractivity contribution < 1.29 is 162 Å². The van der Waals surface area contributed by atoms with Crippen molar-refractivity contribution in [3.8, 4) is 0 Å². The third-order valence-corrected chi connectivity index (χ3v) is 22.9. The van der Waals surface area contributed by atoms with Gasteiger partial charge in [-0.25, -0.2) is 38.4 Å². The number of ether oxygens (including phenoxy) is 26. The van der Waals surface area contributed by atoms with Crippen molar-refractivity contribution in [1.29, 1.82) is 0 Å². The molecule has 34 nitrogen and oxygen atoms in total. The number of carbonyl (C=O) groups is 8. The first-order chi connectivity index (χ1) is 65.8. The Morgan fingerprint density at radius 2 is 0.456 bits per heavy atom. The topological polar surface area (TPSA) is 410 Å². The van der Waals surface area contributed by atoms with E-state index in [4.69, 9.17) is 118 Å². The van der Waals surface area contributed by atoms with Gasteiger partial charge in [0.2, 0.25) is 0 Å². The largest absolute Gasteiger partial charge is 0.499 e. The number of hydrogen-bond acceptors (Lipinski definition) is 34. The van der Waals surface area contributed by atoms with Gasteiger partial charge in [-0.05, 0) is 205 Å². The molecule has 20 atom stereocenters. The van der Waals surface area contributed by atoms with E-state index in [-0.39, 0.29) is 60.0 Å². The van der Waals surface area contributed by atoms with Gasteiger partial charge in [0, 0.05) is 92.8 Å². The fourth-order valence-corrected chi connectivity index (χ4v) is 14.2. The summed E-state index contributed by atoms with van der Waals surface area (Å²) in [4.78, 5) is 86.4. The molecule has 10 aliphatic heterocycles. The predicted octanol–water partition coefficient (Wildman–Crippen LogP) is 12.6. The second-order valence-electron chi connectivity index (χ2n) is 35.6. The Kier molecular flexibility index (Phi) is 60.0. The van der Waals surface area contributed by atoms with Gasteiger partial charge in [0.05, 0.1) is 179 Å². The molecule has 10 heterocycles. The molecule has 770 valence electrons. The Morgan fingerprint density at radius 1 is 0.243 bits per heavy atom. The number of unbranched alkanes of at least 4 members (excludes halogenated alkanes) is 4. The van der Waals surface area contributed by atoms with Crippen LogP contribution in [-0.4, -0.2) is 318 Å². The molecular weight excluding hydrogens is 1770 g/mol. The standard InChI is InChI=1S/C15H24O4.C14H22O4.C11H18O4.C11H16O3.C11H18O3.C10H16O4.C10H14O3.C7H10O3.C7H12O3.C6H8O3/c1-11(2)15(16)18-8-4-3-7-17-10-12-5-6-13-14(9-12)19-13;1-2-14(15)17-8-4-3-7-16-10-11-5-6-12-13(9-11)18-12;1-9(2)11(12)14-6-4-3-5-13-7-10-8-15-10;1-7(2)11(12)13-6-8-3-4-9-10(5-8)14-9;1-2-12-5-6-13-8-9-3-4-10-11(7-9)14-10;1-2-10(11)13-6-4-3-5-12-7-9-8-14-9;1-2-10(11)12-6-7-3-4-8-9(5-7)13-8;1-5(2)7(8)10-4-6-3-9-6;1-2-8-3-4-9-5-7-6-10-7;1-2-6(7)9-4-5-3-8-5/h12-14H,1,3-10H2,2H3;2,11-13H,1,3-10H2;10H,1,3-8H2,2H3;8-10H,1,3-6H2,2H3;2,9-11H,1,3-8H2;2,9H,1,3-8H2;2,7-9H,1,3-6H2;6H,1,3-4H2,2H3;2,7H,1,3-6H2;2,5H,1,3-4H2. The first-order valence-corrected chi connectivity index (χ1v) is 48.5. The third kappa shape index (κ3) is 60.9. The van der Waals surface area contributed by atoms with Gasteiger partial charge in [-0.3, -0.25) is 0 Å². The molecule has 34 heteroatoms.